The van der Waals surface area contributed by atoms with Crippen molar-refractivity contribution in [1.82, 2.24) is 10.2 Å². The number of amides is 1. The first-order chi connectivity index (χ1) is 9.63. The molecule has 0 spiro atoms. The molecule has 2 N–H and O–H groups in total. The minimum atomic E-state index is -0.945. The molecule has 0 saturated carbocycles. The summed E-state index contributed by atoms with van der Waals surface area (Å²) in [6, 6.07) is 0.337. The third kappa shape index (κ3) is 3.96. The van der Waals surface area contributed by atoms with Crippen LogP contribution in [0.25, 0.3) is 0 Å². The van der Waals surface area contributed by atoms with E-state index >= 15 is 0 Å². The summed E-state index contributed by atoms with van der Waals surface area (Å²) in [6.07, 6.45) is 4.31. The van der Waals surface area contributed by atoms with Gasteiger partial charge in [0.1, 0.15) is 0 Å². The van der Waals surface area contributed by atoms with E-state index in [4.69, 9.17) is 0 Å². The Morgan fingerprint density at radius 3 is 2.38 bits per heavy atom. The van der Waals surface area contributed by atoms with Crippen molar-refractivity contribution in [1.29, 1.82) is 0 Å². The van der Waals surface area contributed by atoms with E-state index in [1.54, 1.807) is 13.8 Å². The highest BCUT2D eigenvalue weighted by Crippen LogP contribution is 2.30. The molecular weight excluding hydrogens is 268 g/mol. The molecule has 1 aliphatic heterocycles. The van der Waals surface area contributed by atoms with Crippen LogP contribution >= 0.6 is 0 Å². The summed E-state index contributed by atoms with van der Waals surface area (Å²) in [5.74, 6) is -0.785. The first kappa shape index (κ1) is 18.0. The maximum Gasteiger partial charge on any atom is 0.310 e. The molecule has 1 fully saturated rings. The zero-order valence-corrected chi connectivity index (χ0v) is 14.0. The van der Waals surface area contributed by atoms with Gasteiger partial charge in [0, 0.05) is 18.1 Å². The maximum atomic E-state index is 12.4. The molecule has 1 aliphatic rings. The number of likely N-dealkylation sites (tertiary alicyclic amines) is 1. The fourth-order valence-corrected chi connectivity index (χ4v) is 2.64. The van der Waals surface area contributed by atoms with Gasteiger partial charge in [0.05, 0.1) is 12.0 Å². The molecule has 0 aromatic carbocycles. The van der Waals surface area contributed by atoms with Gasteiger partial charge in [0.15, 0.2) is 0 Å². The number of carboxylic acids is 1. The van der Waals surface area contributed by atoms with Gasteiger partial charge >= 0.3 is 5.97 Å². The van der Waals surface area contributed by atoms with E-state index in [2.05, 4.69) is 12.2 Å². The lowest BCUT2D eigenvalue weighted by Crippen LogP contribution is -2.58. The predicted octanol–water partition coefficient (Wildman–Crippen LogP) is 2.26. The molecule has 0 bridgehead atoms. The zero-order valence-electron chi connectivity index (χ0n) is 14.0. The quantitative estimate of drug-likeness (QED) is 0.789. The van der Waals surface area contributed by atoms with Crippen LogP contribution in [0.5, 0.6) is 0 Å². The Morgan fingerprint density at radius 1 is 1.24 bits per heavy atom. The van der Waals surface area contributed by atoms with E-state index in [0.717, 1.165) is 25.8 Å². The molecule has 122 valence electrons. The fraction of sp³-hybridized carbons (Fsp3) is 0.875. The molecule has 5 nitrogen and oxygen atoms in total. The summed E-state index contributed by atoms with van der Waals surface area (Å²) < 4.78 is 0. The second kappa shape index (κ2) is 6.77. The number of rotatable bonds is 6. The van der Waals surface area contributed by atoms with Crippen molar-refractivity contribution in [2.45, 2.75) is 71.9 Å². The molecule has 21 heavy (non-hydrogen) atoms. The van der Waals surface area contributed by atoms with Crippen LogP contribution in [-0.2, 0) is 9.59 Å². The molecule has 5 heteroatoms. The SMILES string of the molecule is CCC1CCCCN1C(=O)CNC(C)(C)C(C)(C)C(=O)O. The standard InChI is InChI=1S/C16H30N2O3/c1-6-12-9-7-8-10-18(12)13(19)11-17-16(4,5)15(2,3)14(20)21/h12,17H,6-11H2,1-5H3,(H,20,21). The van der Waals surface area contributed by atoms with Crippen molar-refractivity contribution in [2.24, 2.45) is 5.41 Å². The number of hydrogen-bond acceptors (Lipinski definition) is 3. The topological polar surface area (TPSA) is 69.6 Å². The molecule has 0 aromatic heterocycles. The molecule has 1 heterocycles. The Morgan fingerprint density at radius 2 is 1.86 bits per heavy atom. The van der Waals surface area contributed by atoms with Gasteiger partial charge in [-0.1, -0.05) is 6.92 Å². The van der Waals surface area contributed by atoms with E-state index in [-0.39, 0.29) is 12.5 Å². The van der Waals surface area contributed by atoms with Crippen molar-refractivity contribution < 1.29 is 14.7 Å². The van der Waals surface area contributed by atoms with E-state index in [9.17, 15) is 14.7 Å². The summed E-state index contributed by atoms with van der Waals surface area (Å²) in [5.41, 5.74) is -1.61. The van der Waals surface area contributed by atoms with E-state index in [1.807, 2.05) is 18.7 Å². The summed E-state index contributed by atoms with van der Waals surface area (Å²) in [6.45, 7) is 10.2. The normalized spacial score (nSPS) is 20.4. The number of nitrogens with zero attached hydrogens (tertiary/aromatic N) is 1. The predicted molar refractivity (Wildman–Crippen MR) is 83.1 cm³/mol. The average molecular weight is 298 g/mol. The van der Waals surface area contributed by atoms with Crippen LogP contribution in [0.4, 0.5) is 0 Å². The lowest BCUT2D eigenvalue weighted by Gasteiger charge is -2.40. The zero-order chi connectivity index (χ0) is 16.3. The molecule has 1 rings (SSSR count). The second-order valence-corrected chi connectivity index (χ2v) is 7.05. The van der Waals surface area contributed by atoms with Crippen LogP contribution in [0.1, 0.15) is 60.3 Å². The Hall–Kier alpha value is -1.10. The molecule has 0 radical (unpaired) electrons. The number of aliphatic carboxylic acids is 1. The van der Waals surface area contributed by atoms with Gasteiger partial charge in [-0.3, -0.25) is 9.59 Å². The highest BCUT2D eigenvalue weighted by atomic mass is 16.4. The minimum Gasteiger partial charge on any atom is -0.481 e. The van der Waals surface area contributed by atoms with Crippen molar-refractivity contribution in [3.63, 3.8) is 0 Å². The van der Waals surface area contributed by atoms with Crippen LogP contribution < -0.4 is 5.32 Å². The molecule has 1 atom stereocenters. The van der Waals surface area contributed by atoms with Crippen LogP contribution in [0, 0.1) is 5.41 Å². The third-order valence-corrected chi connectivity index (χ3v) is 5.20. The maximum absolute atomic E-state index is 12.4. The molecular formula is C16H30N2O3. The number of carboxylic acid groups (broad SMARTS) is 1. The molecule has 1 unspecified atom stereocenters. The lowest BCUT2D eigenvalue weighted by atomic mass is 9.74. The fourth-order valence-electron chi connectivity index (χ4n) is 2.64. The van der Waals surface area contributed by atoms with Crippen LogP contribution in [0.2, 0.25) is 0 Å². The first-order valence-electron chi connectivity index (χ1n) is 7.91. The summed E-state index contributed by atoms with van der Waals surface area (Å²) in [5, 5.41) is 12.5. The summed E-state index contributed by atoms with van der Waals surface area (Å²) >= 11 is 0. The van der Waals surface area contributed by atoms with E-state index in [1.165, 1.54) is 6.42 Å². The van der Waals surface area contributed by atoms with Crippen molar-refractivity contribution in [3.05, 3.63) is 0 Å². The van der Waals surface area contributed by atoms with Crippen molar-refractivity contribution in [3.8, 4) is 0 Å². The Labute approximate surface area is 128 Å². The Kier molecular flexibility index (Phi) is 5.79. The number of carbonyl (C=O) groups excluding carboxylic acids is 1. The number of piperidine rings is 1. The number of carbonyl (C=O) groups is 2. The van der Waals surface area contributed by atoms with Gasteiger partial charge in [0.2, 0.25) is 5.91 Å². The van der Waals surface area contributed by atoms with Crippen LogP contribution in [0.15, 0.2) is 0 Å². The van der Waals surface area contributed by atoms with E-state index in [0.29, 0.717) is 6.04 Å². The van der Waals surface area contributed by atoms with Gasteiger partial charge in [-0.15, -0.1) is 0 Å². The van der Waals surface area contributed by atoms with E-state index < -0.39 is 16.9 Å². The van der Waals surface area contributed by atoms with Gasteiger partial charge in [-0.25, -0.2) is 0 Å². The Balaban J connectivity index is 2.65. The van der Waals surface area contributed by atoms with Crippen LogP contribution in [-0.4, -0.2) is 46.6 Å². The first-order valence-corrected chi connectivity index (χ1v) is 7.91. The number of hydrogen-bond donors (Lipinski definition) is 2. The smallest absolute Gasteiger partial charge is 0.310 e. The summed E-state index contributed by atoms with van der Waals surface area (Å²) in [7, 11) is 0. The Bertz CT molecular complexity index is 391. The average Bonchev–Trinajstić information content (AvgIpc) is 2.44. The van der Waals surface area contributed by atoms with Gasteiger partial charge in [-0.05, 0) is 53.4 Å². The summed E-state index contributed by atoms with van der Waals surface area (Å²) in [4.78, 5) is 25.8. The van der Waals surface area contributed by atoms with Gasteiger partial charge in [-0.2, -0.15) is 0 Å². The van der Waals surface area contributed by atoms with Crippen molar-refractivity contribution >= 4 is 11.9 Å². The lowest BCUT2D eigenvalue weighted by molar-refractivity contribution is -0.151. The molecule has 0 aromatic rings. The monoisotopic (exact) mass is 298 g/mol. The van der Waals surface area contributed by atoms with Gasteiger partial charge < -0.3 is 15.3 Å². The highest BCUT2D eigenvalue weighted by Gasteiger charge is 2.43. The third-order valence-electron chi connectivity index (χ3n) is 5.20. The van der Waals surface area contributed by atoms with Crippen molar-refractivity contribution in [2.75, 3.05) is 13.1 Å². The molecule has 1 amide bonds. The second-order valence-electron chi connectivity index (χ2n) is 7.05. The minimum absolute atomic E-state index is 0.0795. The number of nitrogens with one attached hydrogen (secondary N) is 1. The highest BCUT2D eigenvalue weighted by molar-refractivity contribution is 5.79. The largest absolute Gasteiger partial charge is 0.481 e. The molecule has 0 aliphatic carbocycles. The molecule has 1 saturated heterocycles. The van der Waals surface area contributed by atoms with Gasteiger partial charge in [0.25, 0.3) is 0 Å². The van der Waals surface area contributed by atoms with Crippen LogP contribution in [0.3, 0.4) is 0 Å².